The molecule has 2 heteroatoms. The van der Waals surface area contributed by atoms with Crippen LogP contribution in [0, 0.1) is 45.8 Å². The maximum atomic E-state index is 11.4. The summed E-state index contributed by atoms with van der Waals surface area (Å²) in [7, 11) is 0. The van der Waals surface area contributed by atoms with Crippen molar-refractivity contribution in [3.63, 3.8) is 0 Å². The van der Waals surface area contributed by atoms with Crippen LogP contribution in [0.25, 0.3) is 0 Å². The third kappa shape index (κ3) is 3.59. The molecule has 2 nitrogen and oxygen atoms in total. The van der Waals surface area contributed by atoms with E-state index in [1.54, 1.807) is 0 Å². The van der Waals surface area contributed by atoms with Crippen molar-refractivity contribution >= 4 is 0 Å². The lowest BCUT2D eigenvalue weighted by atomic mass is 9.44. The fraction of sp³-hybridized carbons (Fsp3) is 0.862. The van der Waals surface area contributed by atoms with Gasteiger partial charge in [0.1, 0.15) is 0 Å². The van der Waals surface area contributed by atoms with Crippen LogP contribution in [-0.4, -0.2) is 22.4 Å². The molecule has 2 N–H and O–H groups in total. The quantitative estimate of drug-likeness (QED) is 0.477. The van der Waals surface area contributed by atoms with Crippen LogP contribution in [-0.2, 0) is 0 Å². The molecule has 0 spiro atoms. The van der Waals surface area contributed by atoms with Crippen LogP contribution in [0.4, 0.5) is 0 Å². The number of hydrogen-bond acceptors (Lipinski definition) is 2. The Balaban J connectivity index is 1.60. The van der Waals surface area contributed by atoms with E-state index in [2.05, 4.69) is 60.6 Å². The van der Waals surface area contributed by atoms with E-state index < -0.39 is 0 Å². The van der Waals surface area contributed by atoms with E-state index in [-0.39, 0.29) is 28.5 Å². The normalized spacial score (nSPS) is 46.9. The highest BCUT2D eigenvalue weighted by Crippen LogP contribution is 2.68. The molecule has 0 unspecified atom stereocenters. The highest BCUT2D eigenvalue weighted by Gasteiger charge is 2.63. The lowest BCUT2D eigenvalue weighted by Gasteiger charge is -2.61. The molecule has 0 aromatic rings. The van der Waals surface area contributed by atoms with Crippen LogP contribution in [0.5, 0.6) is 0 Å². The maximum absolute atomic E-state index is 11.4. The van der Waals surface area contributed by atoms with Gasteiger partial charge in [0.05, 0.1) is 12.2 Å². The second-order valence-electron chi connectivity index (χ2n) is 13.1. The molecular formula is C29H48O2. The van der Waals surface area contributed by atoms with Crippen LogP contribution in [0.2, 0.25) is 0 Å². The van der Waals surface area contributed by atoms with Crippen molar-refractivity contribution in [2.45, 2.75) is 112 Å². The van der Waals surface area contributed by atoms with Crippen molar-refractivity contribution < 1.29 is 10.2 Å². The Labute approximate surface area is 191 Å². The summed E-state index contributed by atoms with van der Waals surface area (Å²) < 4.78 is 0. The minimum Gasteiger partial charge on any atom is -0.393 e. The van der Waals surface area contributed by atoms with Gasteiger partial charge < -0.3 is 10.2 Å². The summed E-state index contributed by atoms with van der Waals surface area (Å²) in [6.45, 7) is 16.4. The SMILES string of the molecule is CC(C)=CCC[C@@H](C)[C@H]1C[C@H](O)[C@H]2[C@@H]3CC=C4C(C)(C)[C@@H](O)CC[C@]4(C)[C@H]3CC[C@@]21C. The number of rotatable bonds is 4. The van der Waals surface area contributed by atoms with Crippen LogP contribution in [0.3, 0.4) is 0 Å². The smallest absolute Gasteiger partial charge is 0.0628 e. The fourth-order valence-corrected chi connectivity index (χ4v) is 9.22. The Morgan fingerprint density at radius 1 is 1.13 bits per heavy atom. The van der Waals surface area contributed by atoms with Crippen molar-refractivity contribution in [3.8, 4) is 0 Å². The lowest BCUT2D eigenvalue weighted by molar-refractivity contribution is -0.0960. The predicted octanol–water partition coefficient (Wildman–Crippen LogP) is 6.92. The minimum absolute atomic E-state index is 0.116. The van der Waals surface area contributed by atoms with Gasteiger partial charge in [0.25, 0.3) is 0 Å². The van der Waals surface area contributed by atoms with E-state index in [0.29, 0.717) is 29.6 Å². The van der Waals surface area contributed by atoms with Crippen LogP contribution in [0.1, 0.15) is 99.8 Å². The molecule has 3 saturated carbocycles. The molecule has 176 valence electrons. The van der Waals surface area contributed by atoms with Crippen molar-refractivity contribution in [2.75, 3.05) is 0 Å². The van der Waals surface area contributed by atoms with Gasteiger partial charge in [-0.25, -0.2) is 0 Å². The summed E-state index contributed by atoms with van der Waals surface area (Å²) >= 11 is 0. The molecule has 0 bridgehead atoms. The van der Waals surface area contributed by atoms with E-state index in [0.717, 1.165) is 25.7 Å². The summed E-state index contributed by atoms with van der Waals surface area (Å²) in [4.78, 5) is 0. The first kappa shape index (κ1) is 23.6. The van der Waals surface area contributed by atoms with Gasteiger partial charge in [0.15, 0.2) is 0 Å². The molecule has 3 fully saturated rings. The fourth-order valence-electron chi connectivity index (χ4n) is 9.22. The molecule has 0 heterocycles. The van der Waals surface area contributed by atoms with Gasteiger partial charge in [-0.05, 0) is 106 Å². The Morgan fingerprint density at radius 3 is 2.52 bits per heavy atom. The molecule has 0 radical (unpaired) electrons. The van der Waals surface area contributed by atoms with Crippen molar-refractivity contribution in [3.05, 3.63) is 23.3 Å². The van der Waals surface area contributed by atoms with E-state index in [9.17, 15) is 10.2 Å². The number of fused-ring (bicyclic) bond motifs is 5. The number of hydrogen-bond donors (Lipinski definition) is 2. The highest BCUT2D eigenvalue weighted by molar-refractivity contribution is 5.31. The first-order valence-corrected chi connectivity index (χ1v) is 13.1. The van der Waals surface area contributed by atoms with Crippen LogP contribution >= 0.6 is 0 Å². The molecule has 9 atom stereocenters. The monoisotopic (exact) mass is 428 g/mol. The molecule has 4 rings (SSSR count). The van der Waals surface area contributed by atoms with Crippen LogP contribution < -0.4 is 0 Å². The Bertz CT molecular complexity index is 744. The molecular weight excluding hydrogens is 380 g/mol. The molecule has 4 aliphatic carbocycles. The van der Waals surface area contributed by atoms with Gasteiger partial charge in [0.2, 0.25) is 0 Å². The zero-order chi connectivity index (χ0) is 22.8. The number of aliphatic hydroxyl groups excluding tert-OH is 2. The summed E-state index contributed by atoms with van der Waals surface area (Å²) in [5.74, 6) is 3.01. The Morgan fingerprint density at radius 2 is 1.84 bits per heavy atom. The second kappa shape index (κ2) is 8.01. The zero-order valence-electron chi connectivity index (χ0n) is 21.2. The van der Waals surface area contributed by atoms with Gasteiger partial charge >= 0.3 is 0 Å². The molecule has 31 heavy (non-hydrogen) atoms. The third-order valence-electron chi connectivity index (χ3n) is 10.8. The van der Waals surface area contributed by atoms with Crippen molar-refractivity contribution in [1.82, 2.24) is 0 Å². The maximum Gasteiger partial charge on any atom is 0.0628 e. The van der Waals surface area contributed by atoms with E-state index >= 15 is 0 Å². The topological polar surface area (TPSA) is 40.5 Å². The average Bonchev–Trinajstić information content (AvgIpc) is 2.96. The lowest BCUT2D eigenvalue weighted by Crippen LogP contribution is -2.55. The van der Waals surface area contributed by atoms with E-state index in [1.165, 1.54) is 36.8 Å². The molecule has 0 aliphatic heterocycles. The highest BCUT2D eigenvalue weighted by atomic mass is 16.3. The molecule has 0 aromatic heterocycles. The third-order valence-corrected chi connectivity index (χ3v) is 10.8. The Hall–Kier alpha value is -0.600. The number of aliphatic hydroxyl groups is 2. The van der Waals surface area contributed by atoms with Crippen molar-refractivity contribution in [2.24, 2.45) is 45.8 Å². The first-order chi connectivity index (χ1) is 14.4. The summed E-state index contributed by atoms with van der Waals surface area (Å²) in [5, 5.41) is 22.1. The van der Waals surface area contributed by atoms with E-state index in [4.69, 9.17) is 0 Å². The zero-order valence-corrected chi connectivity index (χ0v) is 21.2. The summed E-state index contributed by atoms with van der Waals surface area (Å²) in [5.41, 5.74) is 3.29. The first-order valence-electron chi connectivity index (χ1n) is 13.1. The number of allylic oxidation sites excluding steroid dienone is 3. The van der Waals surface area contributed by atoms with Gasteiger partial charge in [0, 0.05) is 5.41 Å². The second-order valence-corrected chi connectivity index (χ2v) is 13.1. The van der Waals surface area contributed by atoms with Crippen molar-refractivity contribution in [1.29, 1.82) is 0 Å². The molecule has 0 saturated heterocycles. The summed E-state index contributed by atoms with van der Waals surface area (Å²) in [6.07, 6.45) is 13.6. The largest absolute Gasteiger partial charge is 0.393 e. The summed E-state index contributed by atoms with van der Waals surface area (Å²) in [6, 6.07) is 0. The van der Waals surface area contributed by atoms with E-state index in [1.807, 2.05) is 0 Å². The standard InChI is InChI=1S/C29H48O2/c1-18(2)9-8-10-19(3)22-17-23(30)26-20-11-12-24-27(4,5)25(31)14-16-28(24,6)21(20)13-15-29(22,26)7/h9,12,19-23,25-26,30-31H,8,10-11,13-17H2,1-7H3/t19-,20-,21+,22-,23+,25+,26-,28-,29-/m1/s1. The molecule has 0 amide bonds. The average molecular weight is 429 g/mol. The minimum atomic E-state index is -0.222. The van der Waals surface area contributed by atoms with Crippen LogP contribution in [0.15, 0.2) is 23.3 Å². The van der Waals surface area contributed by atoms with Gasteiger partial charge in [-0.15, -0.1) is 0 Å². The predicted molar refractivity (Wildman–Crippen MR) is 130 cm³/mol. The molecule has 0 aromatic carbocycles. The van der Waals surface area contributed by atoms with Gasteiger partial charge in [-0.2, -0.15) is 0 Å². The molecule has 4 aliphatic rings. The Kier molecular flexibility index (Phi) is 6.09. The van der Waals surface area contributed by atoms with Gasteiger partial charge in [-0.3, -0.25) is 0 Å². The van der Waals surface area contributed by atoms with Gasteiger partial charge in [-0.1, -0.05) is 57.9 Å².